The number of nitrogens with two attached hydrogens (primary N) is 2. The highest BCUT2D eigenvalue weighted by Gasteiger charge is 2.49. The van der Waals surface area contributed by atoms with Crippen molar-refractivity contribution in [1.29, 1.82) is 0 Å². The van der Waals surface area contributed by atoms with E-state index in [4.69, 9.17) is 11.5 Å². The van der Waals surface area contributed by atoms with E-state index < -0.39 is 144 Å². The maximum atomic E-state index is 15.2. The van der Waals surface area contributed by atoms with Crippen LogP contribution >= 0.6 is 23.5 Å². The Hall–Kier alpha value is -10.3. The fourth-order valence-electron chi connectivity index (χ4n) is 12.0. The van der Waals surface area contributed by atoms with Crippen molar-refractivity contribution in [3.05, 3.63) is 155 Å². The molecule has 17 N–H and O–H groups in total. The van der Waals surface area contributed by atoms with Gasteiger partial charge in [0.2, 0.25) is 59.1 Å². The van der Waals surface area contributed by atoms with Crippen LogP contribution in [0.25, 0.3) is 21.8 Å². The zero-order valence-corrected chi connectivity index (χ0v) is 56.1. The molecule has 7 aromatic rings. The number of carbonyl (C=O) groups is 11. The van der Waals surface area contributed by atoms with E-state index in [0.717, 1.165) is 17.2 Å². The van der Waals surface area contributed by atoms with E-state index in [-0.39, 0.29) is 79.8 Å². The van der Waals surface area contributed by atoms with Gasteiger partial charge in [-0.15, -0.1) is 0 Å². The Morgan fingerprint density at radius 2 is 1.24 bits per heavy atom. The molecule has 0 aliphatic carbocycles. The number of amides is 10. The summed E-state index contributed by atoms with van der Waals surface area (Å²) in [5.74, 6) is -10.8. The molecule has 0 unspecified atom stereocenters. The number of halogens is 2. The van der Waals surface area contributed by atoms with Crippen molar-refractivity contribution in [2.75, 3.05) is 31.1 Å². The first-order chi connectivity index (χ1) is 47.9. The van der Waals surface area contributed by atoms with Crippen LogP contribution in [0.3, 0.4) is 0 Å². The monoisotopic (exact) mass is 1420 g/mol. The number of rotatable bonds is 14. The maximum Gasteiger partial charge on any atom is 0.305 e. The molecule has 100 heavy (non-hydrogen) atoms. The fourth-order valence-corrected chi connectivity index (χ4v) is 13.9. The average Bonchev–Trinajstić information content (AvgIpc) is 1.57. The number of aromatic nitrogens is 4. The number of carboxylic acids is 1. The molecule has 32 heteroatoms. The number of thioether (sulfide) groups is 2. The van der Waals surface area contributed by atoms with Crippen molar-refractivity contribution in [1.82, 2.24) is 67.4 Å². The van der Waals surface area contributed by atoms with Crippen LogP contribution in [0.2, 0.25) is 0 Å². The summed E-state index contributed by atoms with van der Waals surface area (Å²) in [6, 6.07) is 9.90. The van der Waals surface area contributed by atoms with Crippen molar-refractivity contribution in [2.24, 2.45) is 11.5 Å². The van der Waals surface area contributed by atoms with Gasteiger partial charge in [0.1, 0.15) is 65.2 Å². The highest BCUT2D eigenvalue weighted by atomic mass is 32.2. The molecule has 28 nitrogen and oxygen atoms in total. The number of hydrogen-bond donors (Lipinski definition) is 15. The number of fused-ring (bicyclic) bond motifs is 5. The zero-order valence-electron chi connectivity index (χ0n) is 54.5. The van der Waals surface area contributed by atoms with E-state index in [1.807, 2.05) is 24.3 Å². The van der Waals surface area contributed by atoms with Gasteiger partial charge in [-0.3, -0.25) is 52.7 Å². The van der Waals surface area contributed by atoms with Crippen molar-refractivity contribution >= 4 is 110 Å². The minimum Gasteiger partial charge on any atom is -0.508 e. The average molecular weight is 1420 g/mol. The van der Waals surface area contributed by atoms with Crippen LogP contribution < -0.4 is 54.0 Å². The predicted molar refractivity (Wildman–Crippen MR) is 367 cm³/mol. The van der Waals surface area contributed by atoms with E-state index in [2.05, 4.69) is 62.5 Å². The lowest BCUT2D eigenvalue weighted by Crippen LogP contribution is -2.63. The number of nitrogens with zero attached hydrogens (tertiary/aromatic N) is 2. The van der Waals surface area contributed by atoms with Gasteiger partial charge >= 0.3 is 5.97 Å². The first kappa shape index (κ1) is 73.9. The second-order valence-electron chi connectivity index (χ2n) is 24.7. The number of aromatic hydroxyl groups is 1. The summed E-state index contributed by atoms with van der Waals surface area (Å²) in [5.41, 5.74) is 14.0. The predicted octanol–water partition coefficient (Wildman–Crippen LogP) is 1.79. The van der Waals surface area contributed by atoms with Crippen LogP contribution in [0.4, 0.5) is 8.78 Å². The zero-order chi connectivity index (χ0) is 71.6. The van der Waals surface area contributed by atoms with E-state index in [1.165, 1.54) is 115 Å². The van der Waals surface area contributed by atoms with Crippen LogP contribution in [0.1, 0.15) is 79.0 Å². The number of carbonyl (C=O) groups excluding carboxylic acids is 10. The molecule has 530 valence electrons. The number of carboxylic acid groups (broad SMARTS) is 1. The summed E-state index contributed by atoms with van der Waals surface area (Å²) >= 11 is 2.78. The van der Waals surface area contributed by atoms with Gasteiger partial charge in [-0.25, -0.2) is 13.8 Å². The molecule has 2 bridgehead atoms. The molecule has 0 spiro atoms. The number of phenols is 1. The Bertz CT molecular complexity index is 4140. The van der Waals surface area contributed by atoms with Crippen LogP contribution in [-0.2, 0) is 89.9 Å². The Labute approximate surface area is 580 Å². The fraction of sp³-hybridized carbons (Fsp3) is 0.382. The number of hydrogen-bond acceptors (Lipinski definition) is 16. The molecule has 0 radical (unpaired) electrons. The molecule has 5 heterocycles. The number of imidazole rings is 1. The summed E-state index contributed by atoms with van der Waals surface area (Å²) in [5, 5.41) is 42.0. The van der Waals surface area contributed by atoms with E-state index in [0.29, 0.717) is 57.6 Å². The third kappa shape index (κ3) is 19.9. The minimum absolute atomic E-state index is 0.000542. The lowest BCUT2D eigenvalue weighted by Gasteiger charge is -2.37. The van der Waals surface area contributed by atoms with Crippen LogP contribution in [-0.4, -0.2) is 179 Å². The molecule has 1 fully saturated rings. The molecule has 8 atom stereocenters. The first-order valence-corrected chi connectivity index (χ1v) is 34.7. The number of aliphatic carboxylic acids is 1. The van der Waals surface area contributed by atoms with Crippen LogP contribution in [0.5, 0.6) is 5.75 Å². The molecule has 10 amide bonds. The van der Waals surface area contributed by atoms with Gasteiger partial charge in [-0.05, 0) is 115 Å². The van der Waals surface area contributed by atoms with Gasteiger partial charge in [-0.1, -0.05) is 36.4 Å². The Kier molecular flexibility index (Phi) is 25.4. The normalized spacial score (nSPS) is 22.8. The summed E-state index contributed by atoms with van der Waals surface area (Å²) in [6.45, 7) is 0.941. The van der Waals surface area contributed by atoms with E-state index in [1.54, 1.807) is 0 Å². The highest BCUT2D eigenvalue weighted by molar-refractivity contribution is 7.98. The van der Waals surface area contributed by atoms with E-state index in [9.17, 15) is 52.6 Å². The van der Waals surface area contributed by atoms with Gasteiger partial charge in [-0.2, -0.15) is 23.5 Å². The highest BCUT2D eigenvalue weighted by Crippen LogP contribution is 2.32. The van der Waals surface area contributed by atoms with Crippen molar-refractivity contribution < 1.29 is 71.7 Å². The maximum absolute atomic E-state index is 15.2. The lowest BCUT2D eigenvalue weighted by atomic mass is 9.95. The molecule has 3 aromatic heterocycles. The van der Waals surface area contributed by atoms with Crippen LogP contribution in [0.15, 0.2) is 110 Å². The van der Waals surface area contributed by atoms with Crippen molar-refractivity contribution in [2.45, 2.75) is 130 Å². The first-order valence-electron chi connectivity index (χ1n) is 32.3. The van der Waals surface area contributed by atoms with Crippen molar-refractivity contribution in [3.8, 4) is 5.75 Å². The van der Waals surface area contributed by atoms with Gasteiger partial charge < -0.3 is 84.1 Å². The summed E-state index contributed by atoms with van der Waals surface area (Å²) in [4.78, 5) is 171. The Morgan fingerprint density at radius 1 is 0.660 bits per heavy atom. The molecule has 9 rings (SSSR count). The number of benzene rings is 4. The molecule has 4 aromatic carbocycles. The molecular weight excluding hydrogens is 1340 g/mol. The standard InChI is InChI=1S/C68H79F2N15O13S2/c1-68-17-4-19-85(68)66(97)55(22-37-8-12-45(86)13-9-37)83-64(95)53(27-44-31-73-36-77-44)81-65(96)54(28-59(89)90)82-63(94)52(24-41-30-75-49-15-11-43(70)26-47(41)49)80-62(93)51(23-40-29-74-48-14-10-42(69)25-46(40)48)79-58(88)32-76-61(92)50(7-3-18-71)78-57(87)16-20-99-33-38-5-2-6-39(21-38)34-100-35-56(60(72)91)84-67(68)98/h2,5-6,8-15,21,25-26,29-31,36,50-56,74-75,86H,3-4,7,16-20,22-24,27-28,32-35,71H2,1H3,(H2,72,91)(H,73,77)(H,76,92)(H,78,87)(H,79,88)(H,80,93)(H,81,96)(H,82,94)(H,83,95)(H,84,98)(H,89,90)/t50-,51+,52+,53+,54+,55+,56+,68+/m1/s1. The topological polar surface area (TPSA) is 440 Å². The molecule has 1 saturated heterocycles. The number of aromatic amines is 3. The summed E-state index contributed by atoms with van der Waals surface area (Å²) < 4.78 is 29.8. The number of phenolic OH excluding ortho intramolecular Hbond substituents is 1. The third-order valence-corrected chi connectivity index (χ3v) is 19.4. The number of H-pyrrole nitrogens is 3. The SMILES string of the molecule is C[C@@]12CCCN1C(=O)[C@H](Cc1ccc(O)cc1)NC(=O)[C@H](Cc1cnc[nH]1)NC(=O)[C@H](CC(=O)O)NC(=O)[C@H](Cc1c[nH]c3ccc(F)cc13)NC(=O)[C@H](Cc1c[nH]c3ccc(F)cc13)NC(=O)CNC(=O)[C@@H](CCCN)NC(=O)CCSCc1cccc(c1)CSC[C@@H](C(N)=O)NC2=O. The smallest absolute Gasteiger partial charge is 0.305 e. The third-order valence-electron chi connectivity index (χ3n) is 17.3. The van der Waals surface area contributed by atoms with Crippen molar-refractivity contribution in [3.63, 3.8) is 0 Å². The number of nitrogens with one attached hydrogen (secondary N) is 11. The largest absolute Gasteiger partial charge is 0.508 e. The Morgan fingerprint density at radius 3 is 1.84 bits per heavy atom. The van der Waals surface area contributed by atoms with Gasteiger partial charge in [0, 0.05) is 108 Å². The molecular formula is C68H79F2N15O13S2. The molecule has 2 aliphatic rings. The quantitative estimate of drug-likeness (QED) is 0.0738. The second-order valence-corrected chi connectivity index (χ2v) is 26.9. The summed E-state index contributed by atoms with van der Waals surface area (Å²) in [7, 11) is 0. The minimum atomic E-state index is -2.05. The van der Waals surface area contributed by atoms with Gasteiger partial charge in [0.15, 0.2) is 0 Å². The van der Waals surface area contributed by atoms with Gasteiger partial charge in [0.25, 0.3) is 0 Å². The molecule has 2 aliphatic heterocycles. The lowest BCUT2D eigenvalue weighted by molar-refractivity contribution is -0.147. The Balaban J connectivity index is 1.06. The summed E-state index contributed by atoms with van der Waals surface area (Å²) in [6.07, 6.45) is 3.73. The van der Waals surface area contributed by atoms with Gasteiger partial charge in [0.05, 0.1) is 19.3 Å². The second kappa shape index (κ2) is 34.4. The van der Waals surface area contributed by atoms with E-state index >= 15 is 19.2 Å². The van der Waals surface area contributed by atoms with Crippen LogP contribution in [0, 0.1) is 11.6 Å². The number of primary amides is 1. The molecule has 0 saturated carbocycles.